The van der Waals surface area contributed by atoms with Crippen molar-refractivity contribution < 1.29 is 0 Å². The minimum Gasteiger partial charge on any atom is -0.383 e. The monoisotopic (exact) mass is 199 g/mol. The minimum absolute atomic E-state index is 0.523. The van der Waals surface area contributed by atoms with E-state index in [0.29, 0.717) is 5.15 Å². The number of halogens is 1. The van der Waals surface area contributed by atoms with Crippen LogP contribution in [0, 0.1) is 0 Å². The van der Waals surface area contributed by atoms with Gasteiger partial charge in [-0.05, 0) is 31.5 Å². The van der Waals surface area contributed by atoms with Gasteiger partial charge in [0.1, 0.15) is 0 Å². The van der Waals surface area contributed by atoms with Gasteiger partial charge in [-0.2, -0.15) is 0 Å². The predicted octanol–water partition coefficient (Wildman–Crippen LogP) is 1.89. The molecule has 0 atom stereocenters. The van der Waals surface area contributed by atoms with Gasteiger partial charge < -0.3 is 11.1 Å². The topological polar surface area (TPSA) is 50.9 Å². The molecule has 0 amide bonds. The molecule has 0 aliphatic carbocycles. The average Bonchev–Trinajstić information content (AvgIpc) is 2.15. The molecule has 0 saturated carbocycles. The molecular weight excluding hydrogens is 186 g/mol. The van der Waals surface area contributed by atoms with E-state index in [1.54, 1.807) is 6.20 Å². The van der Waals surface area contributed by atoms with E-state index in [-0.39, 0.29) is 0 Å². The molecule has 1 rings (SSSR count). The Morgan fingerprint density at radius 2 is 2.31 bits per heavy atom. The van der Waals surface area contributed by atoms with Crippen molar-refractivity contribution in [3.63, 3.8) is 0 Å². The average molecular weight is 200 g/mol. The number of hydrogen-bond acceptors (Lipinski definition) is 3. The summed E-state index contributed by atoms with van der Waals surface area (Å²) in [7, 11) is 0. The number of nitrogens with one attached hydrogen (secondary N) is 1. The highest BCUT2D eigenvalue weighted by molar-refractivity contribution is 6.31. The van der Waals surface area contributed by atoms with Gasteiger partial charge in [-0.25, -0.2) is 4.98 Å². The van der Waals surface area contributed by atoms with Crippen LogP contribution in [-0.2, 0) is 0 Å². The van der Waals surface area contributed by atoms with Crippen LogP contribution in [0.3, 0.4) is 0 Å². The lowest BCUT2D eigenvalue weighted by atomic mass is 10.3. The van der Waals surface area contributed by atoms with E-state index in [2.05, 4.69) is 10.3 Å². The Bertz CT molecular complexity index is 252. The fourth-order valence-corrected chi connectivity index (χ4v) is 1.20. The highest BCUT2D eigenvalue weighted by Crippen LogP contribution is 2.16. The Morgan fingerprint density at radius 1 is 1.46 bits per heavy atom. The number of rotatable bonds is 5. The van der Waals surface area contributed by atoms with E-state index in [4.69, 9.17) is 17.3 Å². The van der Waals surface area contributed by atoms with Crippen LogP contribution in [0.1, 0.15) is 12.8 Å². The molecular formula is C9H14ClN3. The molecule has 13 heavy (non-hydrogen) atoms. The lowest BCUT2D eigenvalue weighted by Crippen LogP contribution is -2.06. The predicted molar refractivity (Wildman–Crippen MR) is 56.0 cm³/mol. The molecule has 3 nitrogen and oxygen atoms in total. The molecule has 0 radical (unpaired) electrons. The van der Waals surface area contributed by atoms with E-state index < -0.39 is 0 Å². The second-order valence-corrected chi connectivity index (χ2v) is 3.12. The molecule has 0 aliphatic rings. The lowest BCUT2D eigenvalue weighted by Gasteiger charge is -2.06. The van der Waals surface area contributed by atoms with Crippen molar-refractivity contribution in [1.29, 1.82) is 0 Å². The van der Waals surface area contributed by atoms with Crippen molar-refractivity contribution in [2.45, 2.75) is 12.8 Å². The van der Waals surface area contributed by atoms with Gasteiger partial charge >= 0.3 is 0 Å². The molecule has 0 fully saturated rings. The summed E-state index contributed by atoms with van der Waals surface area (Å²) >= 11 is 5.84. The third-order valence-electron chi connectivity index (χ3n) is 1.71. The first kappa shape index (κ1) is 10.3. The molecule has 4 heteroatoms. The lowest BCUT2D eigenvalue weighted by molar-refractivity contribution is 0.774. The van der Waals surface area contributed by atoms with Gasteiger partial charge in [-0.15, -0.1) is 0 Å². The van der Waals surface area contributed by atoms with E-state index in [1.807, 2.05) is 12.1 Å². The van der Waals surface area contributed by atoms with E-state index >= 15 is 0 Å². The summed E-state index contributed by atoms with van der Waals surface area (Å²) in [5.41, 5.74) is 6.26. The largest absolute Gasteiger partial charge is 0.383 e. The van der Waals surface area contributed by atoms with Crippen LogP contribution in [0.5, 0.6) is 0 Å². The molecule has 0 bridgehead atoms. The van der Waals surface area contributed by atoms with Crippen LogP contribution in [0.4, 0.5) is 5.69 Å². The Labute approximate surface area is 83.3 Å². The van der Waals surface area contributed by atoms with Crippen molar-refractivity contribution in [3.8, 4) is 0 Å². The van der Waals surface area contributed by atoms with Crippen LogP contribution in [0.15, 0.2) is 18.3 Å². The Kier molecular flexibility index (Phi) is 4.57. The van der Waals surface area contributed by atoms with Gasteiger partial charge in [0, 0.05) is 12.7 Å². The maximum Gasteiger partial charge on any atom is 0.152 e. The number of aromatic nitrogens is 1. The zero-order valence-corrected chi connectivity index (χ0v) is 8.22. The zero-order valence-electron chi connectivity index (χ0n) is 7.46. The van der Waals surface area contributed by atoms with Gasteiger partial charge in [-0.1, -0.05) is 11.6 Å². The van der Waals surface area contributed by atoms with Crippen LogP contribution >= 0.6 is 11.6 Å². The first-order chi connectivity index (χ1) is 6.34. The fraction of sp³-hybridized carbons (Fsp3) is 0.444. The quantitative estimate of drug-likeness (QED) is 0.563. The molecule has 0 saturated heterocycles. The summed E-state index contributed by atoms with van der Waals surface area (Å²) in [5.74, 6) is 0. The number of unbranched alkanes of at least 4 members (excludes halogenated alkanes) is 1. The van der Waals surface area contributed by atoms with Gasteiger partial charge in [0.25, 0.3) is 0 Å². The second kappa shape index (κ2) is 5.78. The van der Waals surface area contributed by atoms with Crippen LogP contribution < -0.4 is 11.1 Å². The Balaban J connectivity index is 2.32. The highest BCUT2D eigenvalue weighted by atomic mass is 35.5. The number of nitrogens with two attached hydrogens (primary N) is 1. The smallest absolute Gasteiger partial charge is 0.152 e. The molecule has 1 aromatic heterocycles. The fourth-order valence-electron chi connectivity index (χ4n) is 1.01. The first-order valence-electron chi connectivity index (χ1n) is 4.39. The third kappa shape index (κ3) is 3.61. The van der Waals surface area contributed by atoms with E-state index in [0.717, 1.165) is 31.6 Å². The third-order valence-corrected chi connectivity index (χ3v) is 2.01. The Morgan fingerprint density at radius 3 is 3.00 bits per heavy atom. The summed E-state index contributed by atoms with van der Waals surface area (Å²) in [5, 5.41) is 3.72. The molecule has 1 heterocycles. The summed E-state index contributed by atoms with van der Waals surface area (Å²) in [6, 6.07) is 3.77. The van der Waals surface area contributed by atoms with Crippen molar-refractivity contribution in [3.05, 3.63) is 23.5 Å². The van der Waals surface area contributed by atoms with Crippen molar-refractivity contribution in [1.82, 2.24) is 4.98 Å². The molecule has 0 aliphatic heterocycles. The number of nitrogens with zero attached hydrogens (tertiary/aromatic N) is 1. The van der Waals surface area contributed by atoms with Gasteiger partial charge in [-0.3, -0.25) is 0 Å². The number of pyridine rings is 1. The van der Waals surface area contributed by atoms with Gasteiger partial charge in [0.05, 0.1) is 5.69 Å². The van der Waals surface area contributed by atoms with Crippen LogP contribution in [0.25, 0.3) is 0 Å². The SMILES string of the molecule is NCCCCNc1cccnc1Cl. The summed E-state index contributed by atoms with van der Waals surface area (Å²) in [6.07, 6.45) is 3.76. The van der Waals surface area contributed by atoms with Crippen LogP contribution in [0.2, 0.25) is 5.15 Å². The standard InChI is InChI=1S/C9H14ClN3/c10-9-8(4-3-7-13-9)12-6-2-1-5-11/h3-4,7,12H,1-2,5-6,11H2. The zero-order chi connectivity index (χ0) is 9.52. The minimum atomic E-state index is 0.523. The number of hydrogen-bond donors (Lipinski definition) is 2. The molecule has 1 aromatic rings. The number of anilines is 1. The molecule has 0 aromatic carbocycles. The van der Waals surface area contributed by atoms with Gasteiger partial charge in [0.2, 0.25) is 0 Å². The summed E-state index contributed by atoms with van der Waals surface area (Å²) in [6.45, 7) is 1.63. The molecule has 3 N–H and O–H groups in total. The first-order valence-corrected chi connectivity index (χ1v) is 4.77. The van der Waals surface area contributed by atoms with Crippen molar-refractivity contribution in [2.24, 2.45) is 5.73 Å². The van der Waals surface area contributed by atoms with E-state index in [1.165, 1.54) is 0 Å². The van der Waals surface area contributed by atoms with Crippen molar-refractivity contribution >= 4 is 17.3 Å². The molecule has 0 unspecified atom stereocenters. The van der Waals surface area contributed by atoms with Crippen LogP contribution in [-0.4, -0.2) is 18.1 Å². The Hall–Kier alpha value is -0.800. The highest BCUT2D eigenvalue weighted by Gasteiger charge is 1.97. The molecule has 0 spiro atoms. The molecule has 72 valence electrons. The maximum atomic E-state index is 5.84. The van der Waals surface area contributed by atoms with E-state index in [9.17, 15) is 0 Å². The normalized spacial score (nSPS) is 10.0. The second-order valence-electron chi connectivity index (χ2n) is 2.76. The van der Waals surface area contributed by atoms with Crippen molar-refractivity contribution in [2.75, 3.05) is 18.4 Å². The van der Waals surface area contributed by atoms with Gasteiger partial charge in [0.15, 0.2) is 5.15 Å². The summed E-state index contributed by atoms with van der Waals surface area (Å²) in [4.78, 5) is 3.96. The summed E-state index contributed by atoms with van der Waals surface area (Å²) < 4.78 is 0. The maximum absolute atomic E-state index is 5.84.